The van der Waals surface area contributed by atoms with Crippen LogP contribution in [0.4, 0.5) is 5.69 Å². The lowest BCUT2D eigenvalue weighted by molar-refractivity contribution is -0.133. The Hall–Kier alpha value is -1.84. The smallest absolute Gasteiger partial charge is 0.225 e. The molecule has 1 saturated heterocycles. The zero-order chi connectivity index (χ0) is 21.2. The van der Waals surface area contributed by atoms with E-state index in [1.807, 2.05) is 56.9 Å². The first kappa shape index (κ1) is 26.2. The predicted molar refractivity (Wildman–Crippen MR) is 133 cm³/mol. The molecule has 30 heavy (non-hydrogen) atoms. The van der Waals surface area contributed by atoms with Crippen LogP contribution in [0.25, 0.3) is 0 Å². The molecule has 0 bridgehead atoms. The maximum absolute atomic E-state index is 12.2. The Morgan fingerprint density at radius 3 is 2.70 bits per heavy atom. The number of halogens is 1. The fraction of sp³-hybridized carbons (Fsp3) is 0.591. The summed E-state index contributed by atoms with van der Waals surface area (Å²) in [6.07, 6.45) is 2.27. The van der Waals surface area contributed by atoms with E-state index in [2.05, 4.69) is 20.9 Å². The van der Waals surface area contributed by atoms with Crippen LogP contribution in [0.1, 0.15) is 52.5 Å². The van der Waals surface area contributed by atoms with Crippen molar-refractivity contribution in [1.82, 2.24) is 15.5 Å². The number of carbonyl (C=O) groups is 2. The summed E-state index contributed by atoms with van der Waals surface area (Å²) in [4.78, 5) is 30.6. The summed E-state index contributed by atoms with van der Waals surface area (Å²) < 4.78 is 0. The predicted octanol–water partition coefficient (Wildman–Crippen LogP) is 3.36. The number of likely N-dealkylation sites (tertiary alicyclic amines) is 1. The van der Waals surface area contributed by atoms with Gasteiger partial charge in [-0.05, 0) is 37.5 Å². The molecule has 168 valence electrons. The van der Waals surface area contributed by atoms with Crippen LogP contribution in [0.3, 0.4) is 0 Å². The second kappa shape index (κ2) is 13.5. The molecule has 1 aromatic carbocycles. The van der Waals surface area contributed by atoms with E-state index in [-0.39, 0.29) is 47.8 Å². The van der Waals surface area contributed by atoms with Gasteiger partial charge < -0.3 is 20.9 Å². The summed E-state index contributed by atoms with van der Waals surface area (Å²) in [7, 11) is 0. The highest BCUT2D eigenvalue weighted by atomic mass is 127. The molecule has 1 atom stereocenters. The Kier molecular flexibility index (Phi) is 11.8. The molecule has 0 aromatic heterocycles. The van der Waals surface area contributed by atoms with Crippen LogP contribution in [-0.2, 0) is 16.1 Å². The number of carbonyl (C=O) groups excluding carboxylic acids is 2. The van der Waals surface area contributed by atoms with Gasteiger partial charge >= 0.3 is 0 Å². The van der Waals surface area contributed by atoms with E-state index in [0.29, 0.717) is 19.5 Å². The van der Waals surface area contributed by atoms with Crippen molar-refractivity contribution in [2.24, 2.45) is 10.9 Å². The minimum absolute atomic E-state index is 0. The molecule has 0 radical (unpaired) electrons. The largest absolute Gasteiger partial charge is 0.357 e. The Morgan fingerprint density at radius 2 is 2.03 bits per heavy atom. The van der Waals surface area contributed by atoms with E-state index in [1.54, 1.807) is 0 Å². The summed E-state index contributed by atoms with van der Waals surface area (Å²) in [5, 5.41) is 9.65. The first-order valence-electron chi connectivity index (χ1n) is 10.6. The van der Waals surface area contributed by atoms with Gasteiger partial charge in [-0.15, -0.1) is 24.0 Å². The Bertz CT molecular complexity index is 723. The van der Waals surface area contributed by atoms with Crippen LogP contribution in [0, 0.1) is 5.92 Å². The summed E-state index contributed by atoms with van der Waals surface area (Å²) in [6, 6.07) is 7.98. The number of hydrogen-bond acceptors (Lipinski definition) is 3. The third kappa shape index (κ3) is 8.49. The summed E-state index contributed by atoms with van der Waals surface area (Å²) >= 11 is 0. The van der Waals surface area contributed by atoms with Gasteiger partial charge in [0.15, 0.2) is 5.96 Å². The highest BCUT2D eigenvalue weighted by molar-refractivity contribution is 14.0. The van der Waals surface area contributed by atoms with Crippen LogP contribution in [0.5, 0.6) is 0 Å². The van der Waals surface area contributed by atoms with Crippen molar-refractivity contribution < 1.29 is 9.59 Å². The average molecular weight is 529 g/mol. The SMILES string of the molecule is CCCC(=O)Nc1cccc(CN=C(NCC)NC2CCN(C(=O)C(C)C)C2)c1.I. The number of nitrogens with one attached hydrogen (secondary N) is 3. The maximum atomic E-state index is 12.2. The molecule has 1 fully saturated rings. The zero-order valence-corrected chi connectivity index (χ0v) is 20.9. The third-order valence-electron chi connectivity index (χ3n) is 4.79. The topological polar surface area (TPSA) is 85.8 Å². The number of amides is 2. The van der Waals surface area contributed by atoms with Gasteiger partial charge in [-0.3, -0.25) is 9.59 Å². The second-order valence-electron chi connectivity index (χ2n) is 7.76. The van der Waals surface area contributed by atoms with Gasteiger partial charge in [-0.25, -0.2) is 4.99 Å². The van der Waals surface area contributed by atoms with Gasteiger partial charge in [0.1, 0.15) is 0 Å². The van der Waals surface area contributed by atoms with Crippen LogP contribution in [0.15, 0.2) is 29.3 Å². The molecular formula is C22H36IN5O2. The van der Waals surface area contributed by atoms with Gasteiger partial charge in [0.05, 0.1) is 6.54 Å². The Morgan fingerprint density at radius 1 is 1.27 bits per heavy atom. The van der Waals surface area contributed by atoms with Crippen molar-refractivity contribution in [2.45, 2.75) is 59.5 Å². The van der Waals surface area contributed by atoms with E-state index in [4.69, 9.17) is 0 Å². The lowest BCUT2D eigenvalue weighted by Gasteiger charge is -2.20. The first-order chi connectivity index (χ1) is 13.9. The third-order valence-corrected chi connectivity index (χ3v) is 4.79. The highest BCUT2D eigenvalue weighted by Crippen LogP contribution is 2.14. The molecule has 8 heteroatoms. The molecule has 0 saturated carbocycles. The quantitative estimate of drug-likeness (QED) is 0.274. The Balaban J connectivity index is 0.00000450. The van der Waals surface area contributed by atoms with Crippen molar-refractivity contribution in [3.63, 3.8) is 0 Å². The molecule has 2 amide bonds. The lowest BCUT2D eigenvalue weighted by atomic mass is 10.2. The fourth-order valence-corrected chi connectivity index (χ4v) is 3.33. The standard InChI is InChI=1S/C22H35N5O2.HI/c1-5-8-20(28)25-18-10-7-9-17(13-18)14-24-22(23-6-2)26-19-11-12-27(15-19)21(29)16(3)4;/h7,9-10,13,16,19H,5-6,8,11-12,14-15H2,1-4H3,(H,25,28)(H2,23,24,26);1H. The molecule has 1 aromatic rings. The van der Waals surface area contributed by atoms with Crippen molar-refractivity contribution in [3.05, 3.63) is 29.8 Å². The fourth-order valence-electron chi connectivity index (χ4n) is 3.33. The zero-order valence-electron chi connectivity index (χ0n) is 18.5. The summed E-state index contributed by atoms with van der Waals surface area (Å²) in [5.41, 5.74) is 1.83. The molecule has 0 spiro atoms. The highest BCUT2D eigenvalue weighted by Gasteiger charge is 2.27. The van der Waals surface area contributed by atoms with Crippen molar-refractivity contribution >= 4 is 47.4 Å². The maximum Gasteiger partial charge on any atom is 0.225 e. The van der Waals surface area contributed by atoms with E-state index < -0.39 is 0 Å². The molecule has 1 heterocycles. The molecule has 1 unspecified atom stereocenters. The lowest BCUT2D eigenvalue weighted by Crippen LogP contribution is -2.45. The molecule has 1 aliphatic heterocycles. The van der Waals surface area contributed by atoms with Crippen LogP contribution in [0.2, 0.25) is 0 Å². The minimum Gasteiger partial charge on any atom is -0.357 e. The van der Waals surface area contributed by atoms with Crippen LogP contribution in [-0.4, -0.2) is 48.3 Å². The Labute approximate surface area is 197 Å². The monoisotopic (exact) mass is 529 g/mol. The molecule has 0 aliphatic carbocycles. The average Bonchev–Trinajstić information content (AvgIpc) is 3.14. The van der Waals surface area contributed by atoms with Gasteiger partial charge in [-0.2, -0.15) is 0 Å². The number of benzene rings is 1. The van der Waals surface area contributed by atoms with Gasteiger partial charge in [0.2, 0.25) is 11.8 Å². The minimum atomic E-state index is 0. The number of anilines is 1. The van der Waals surface area contributed by atoms with Gasteiger partial charge in [-0.1, -0.05) is 32.9 Å². The molecule has 2 rings (SSSR count). The number of nitrogens with zero attached hydrogens (tertiary/aromatic N) is 2. The number of rotatable bonds is 8. The molecule has 7 nitrogen and oxygen atoms in total. The van der Waals surface area contributed by atoms with Crippen LogP contribution < -0.4 is 16.0 Å². The molecule has 1 aliphatic rings. The van der Waals surface area contributed by atoms with E-state index in [9.17, 15) is 9.59 Å². The van der Waals surface area contributed by atoms with Crippen molar-refractivity contribution in [3.8, 4) is 0 Å². The number of aliphatic imine (C=N–C) groups is 1. The normalized spacial score (nSPS) is 16.2. The van der Waals surface area contributed by atoms with E-state index in [1.165, 1.54) is 0 Å². The van der Waals surface area contributed by atoms with Crippen molar-refractivity contribution in [2.75, 3.05) is 25.0 Å². The van der Waals surface area contributed by atoms with Crippen LogP contribution >= 0.6 is 24.0 Å². The van der Waals surface area contributed by atoms with Crippen molar-refractivity contribution in [1.29, 1.82) is 0 Å². The summed E-state index contributed by atoms with van der Waals surface area (Å²) in [6.45, 7) is 10.7. The van der Waals surface area contributed by atoms with E-state index in [0.717, 1.165) is 43.1 Å². The molecule has 3 N–H and O–H groups in total. The van der Waals surface area contributed by atoms with E-state index >= 15 is 0 Å². The second-order valence-corrected chi connectivity index (χ2v) is 7.76. The first-order valence-corrected chi connectivity index (χ1v) is 10.6. The number of hydrogen-bond donors (Lipinski definition) is 3. The molecular weight excluding hydrogens is 493 g/mol. The van der Waals surface area contributed by atoms with Gasteiger partial charge in [0, 0.05) is 43.7 Å². The van der Waals surface area contributed by atoms with Gasteiger partial charge in [0.25, 0.3) is 0 Å². The number of guanidine groups is 1. The summed E-state index contributed by atoms with van der Waals surface area (Å²) in [5.74, 6) is 1.01.